The molecule has 1 rings (SSSR count). The Labute approximate surface area is 120 Å². The summed E-state index contributed by atoms with van der Waals surface area (Å²) in [5, 5.41) is 0. The van der Waals surface area contributed by atoms with Crippen LogP contribution in [0.3, 0.4) is 0 Å². The van der Waals surface area contributed by atoms with Gasteiger partial charge in [0.25, 0.3) is 0 Å². The van der Waals surface area contributed by atoms with Gasteiger partial charge in [-0.15, -0.1) is 0 Å². The Hall–Kier alpha value is -0.550. The Balaban J connectivity index is 2.34. The van der Waals surface area contributed by atoms with E-state index in [2.05, 4.69) is 39.7 Å². The molecule has 1 unspecified atom stereocenters. The Kier molecular flexibility index (Phi) is 6.86. The quantitative estimate of drug-likeness (QED) is 0.499. The summed E-state index contributed by atoms with van der Waals surface area (Å²) in [5.41, 5.74) is 2.34. The van der Waals surface area contributed by atoms with Crippen molar-refractivity contribution >= 4 is 15.9 Å². The molecule has 0 aromatic heterocycles. The molecule has 1 atom stereocenters. The second kappa shape index (κ2) is 7.90. The lowest BCUT2D eigenvalue weighted by Crippen LogP contribution is -2.17. The lowest BCUT2D eigenvalue weighted by Gasteiger charge is -2.12. The molecule has 1 aromatic rings. The molecule has 0 aliphatic heterocycles. The Morgan fingerprint density at radius 3 is 2.37 bits per heavy atom. The van der Waals surface area contributed by atoms with E-state index >= 15 is 0 Å². The number of hydrogen-bond acceptors (Lipinski definition) is 1. The highest BCUT2D eigenvalue weighted by molar-refractivity contribution is 9.09. The Morgan fingerprint density at radius 1 is 1.21 bits per heavy atom. The first-order valence-electron chi connectivity index (χ1n) is 6.30. The van der Waals surface area contributed by atoms with Gasteiger partial charge in [0.1, 0.15) is 6.61 Å². The molecule has 0 saturated heterocycles. The topological polar surface area (TPSA) is 9.23 Å². The van der Waals surface area contributed by atoms with Gasteiger partial charge in [-0.3, -0.25) is 0 Å². The van der Waals surface area contributed by atoms with Gasteiger partial charge in [-0.2, -0.15) is 13.2 Å². The summed E-state index contributed by atoms with van der Waals surface area (Å²) < 4.78 is 40.2. The van der Waals surface area contributed by atoms with Crippen molar-refractivity contribution in [1.29, 1.82) is 0 Å². The van der Waals surface area contributed by atoms with E-state index in [0.29, 0.717) is 6.42 Å². The van der Waals surface area contributed by atoms with E-state index in [1.807, 2.05) is 12.1 Å². The number of halogens is 4. The minimum atomic E-state index is -4.25. The smallest absolute Gasteiger partial charge is 0.372 e. The molecular formula is C14H18BrF3O. The fourth-order valence-corrected chi connectivity index (χ4v) is 2.22. The predicted octanol–water partition coefficient (Wildman–Crippen LogP) is 5.04. The van der Waals surface area contributed by atoms with Gasteiger partial charge in [0.2, 0.25) is 0 Å². The molecule has 0 fully saturated rings. The molecule has 0 bridgehead atoms. The molecule has 0 radical (unpaired) electrons. The highest BCUT2D eigenvalue weighted by Gasteiger charge is 2.27. The SMILES string of the molecule is CCCc1ccc(C(Br)CCOCC(F)(F)F)cc1. The number of alkyl halides is 4. The molecule has 108 valence electrons. The fraction of sp³-hybridized carbons (Fsp3) is 0.571. The summed E-state index contributed by atoms with van der Waals surface area (Å²) in [6, 6.07) is 8.13. The average molecular weight is 339 g/mol. The van der Waals surface area contributed by atoms with E-state index in [4.69, 9.17) is 0 Å². The highest BCUT2D eigenvalue weighted by atomic mass is 79.9. The van der Waals surface area contributed by atoms with Gasteiger partial charge in [-0.1, -0.05) is 53.5 Å². The predicted molar refractivity (Wildman–Crippen MR) is 73.6 cm³/mol. The first-order chi connectivity index (χ1) is 8.92. The van der Waals surface area contributed by atoms with Crippen LogP contribution in [-0.4, -0.2) is 19.4 Å². The van der Waals surface area contributed by atoms with E-state index in [-0.39, 0.29) is 11.4 Å². The van der Waals surface area contributed by atoms with Crippen LogP contribution in [0.2, 0.25) is 0 Å². The largest absolute Gasteiger partial charge is 0.411 e. The van der Waals surface area contributed by atoms with Crippen LogP contribution in [0.1, 0.15) is 35.7 Å². The Bertz CT molecular complexity index is 362. The third-order valence-electron chi connectivity index (χ3n) is 2.66. The highest BCUT2D eigenvalue weighted by Crippen LogP contribution is 2.27. The van der Waals surface area contributed by atoms with Crippen molar-refractivity contribution in [2.24, 2.45) is 0 Å². The van der Waals surface area contributed by atoms with Gasteiger partial charge < -0.3 is 4.74 Å². The number of rotatable bonds is 7. The van der Waals surface area contributed by atoms with Gasteiger partial charge in [0, 0.05) is 11.4 Å². The summed E-state index contributed by atoms with van der Waals surface area (Å²) in [5.74, 6) is 0. The zero-order valence-corrected chi connectivity index (χ0v) is 12.4. The van der Waals surface area contributed by atoms with E-state index in [0.717, 1.165) is 18.4 Å². The molecule has 0 saturated carbocycles. The Morgan fingerprint density at radius 2 is 1.84 bits per heavy atom. The van der Waals surface area contributed by atoms with Crippen molar-refractivity contribution in [2.75, 3.05) is 13.2 Å². The van der Waals surface area contributed by atoms with Crippen molar-refractivity contribution in [2.45, 2.75) is 37.2 Å². The standard InChI is InChI=1S/C14H18BrF3O/c1-2-3-11-4-6-12(7-5-11)13(15)8-9-19-10-14(16,17)18/h4-7,13H,2-3,8-10H2,1H3. The summed E-state index contributed by atoms with van der Waals surface area (Å²) >= 11 is 3.47. The number of benzene rings is 1. The first-order valence-corrected chi connectivity index (χ1v) is 7.21. The van der Waals surface area contributed by atoms with Crippen molar-refractivity contribution in [1.82, 2.24) is 0 Å². The minimum absolute atomic E-state index is 0.0245. The number of aryl methyl sites for hydroxylation is 1. The second-order valence-corrected chi connectivity index (χ2v) is 5.52. The maximum Gasteiger partial charge on any atom is 0.411 e. The van der Waals surface area contributed by atoms with E-state index < -0.39 is 12.8 Å². The van der Waals surface area contributed by atoms with Crippen molar-refractivity contribution < 1.29 is 17.9 Å². The van der Waals surface area contributed by atoms with Gasteiger partial charge in [-0.05, 0) is 24.0 Å². The third-order valence-corrected chi connectivity index (χ3v) is 3.65. The van der Waals surface area contributed by atoms with Gasteiger partial charge in [0.15, 0.2) is 0 Å². The fourth-order valence-electron chi connectivity index (χ4n) is 1.72. The maximum absolute atomic E-state index is 11.9. The molecule has 0 aliphatic carbocycles. The molecule has 0 N–H and O–H groups in total. The third kappa shape index (κ3) is 6.97. The molecule has 5 heteroatoms. The molecule has 1 nitrogen and oxygen atoms in total. The summed E-state index contributed by atoms with van der Waals surface area (Å²) in [7, 11) is 0. The molecule has 0 spiro atoms. The van der Waals surface area contributed by atoms with Crippen molar-refractivity contribution in [3.8, 4) is 0 Å². The van der Waals surface area contributed by atoms with Crippen molar-refractivity contribution in [3.05, 3.63) is 35.4 Å². The zero-order valence-electron chi connectivity index (χ0n) is 10.8. The maximum atomic E-state index is 11.9. The van der Waals surface area contributed by atoms with Crippen LogP contribution in [0, 0.1) is 0 Å². The van der Waals surface area contributed by atoms with E-state index in [9.17, 15) is 13.2 Å². The minimum Gasteiger partial charge on any atom is -0.372 e. The molecular weight excluding hydrogens is 321 g/mol. The molecule has 0 heterocycles. The molecule has 1 aromatic carbocycles. The van der Waals surface area contributed by atoms with Gasteiger partial charge in [0.05, 0.1) is 0 Å². The van der Waals surface area contributed by atoms with Gasteiger partial charge in [-0.25, -0.2) is 0 Å². The molecule has 19 heavy (non-hydrogen) atoms. The van der Waals surface area contributed by atoms with E-state index in [1.54, 1.807) is 0 Å². The summed E-state index contributed by atoms with van der Waals surface area (Å²) in [4.78, 5) is 0.0245. The molecule has 0 amide bonds. The van der Waals surface area contributed by atoms with Crippen LogP contribution in [0.15, 0.2) is 24.3 Å². The van der Waals surface area contributed by atoms with E-state index in [1.165, 1.54) is 5.56 Å². The average Bonchev–Trinajstić information content (AvgIpc) is 2.34. The van der Waals surface area contributed by atoms with Crippen LogP contribution < -0.4 is 0 Å². The van der Waals surface area contributed by atoms with Gasteiger partial charge >= 0.3 is 6.18 Å². The lowest BCUT2D eigenvalue weighted by atomic mass is 10.0. The number of hydrogen-bond donors (Lipinski definition) is 0. The monoisotopic (exact) mass is 338 g/mol. The van der Waals surface area contributed by atoms with Crippen molar-refractivity contribution in [3.63, 3.8) is 0 Å². The van der Waals surface area contributed by atoms with Crippen LogP contribution in [0.5, 0.6) is 0 Å². The summed E-state index contributed by atoms with van der Waals surface area (Å²) in [6.07, 6.45) is -1.59. The number of ether oxygens (including phenoxy) is 1. The van der Waals surface area contributed by atoms with Crippen LogP contribution in [0.25, 0.3) is 0 Å². The van der Waals surface area contributed by atoms with Crippen LogP contribution in [0.4, 0.5) is 13.2 Å². The first kappa shape index (κ1) is 16.5. The van der Waals surface area contributed by atoms with Crippen LogP contribution >= 0.6 is 15.9 Å². The van der Waals surface area contributed by atoms with Crippen LogP contribution in [-0.2, 0) is 11.2 Å². The lowest BCUT2D eigenvalue weighted by molar-refractivity contribution is -0.174. The normalized spacial score (nSPS) is 13.5. The zero-order chi connectivity index (χ0) is 14.3. The molecule has 0 aliphatic rings. The summed E-state index contributed by atoms with van der Waals surface area (Å²) in [6.45, 7) is 1.04. The second-order valence-electron chi connectivity index (χ2n) is 4.42.